The molecule has 7 heteroatoms. The zero-order valence-corrected chi connectivity index (χ0v) is 15.8. The van der Waals surface area contributed by atoms with E-state index in [0.29, 0.717) is 31.2 Å². The molecule has 0 atom stereocenters. The van der Waals surface area contributed by atoms with Crippen molar-refractivity contribution < 1.29 is 13.2 Å². The molecule has 0 saturated carbocycles. The number of guanidine groups is 1. The van der Waals surface area contributed by atoms with Crippen LogP contribution in [0.15, 0.2) is 53.7 Å². The monoisotopic (exact) mass is 378 g/mol. The third-order valence-corrected chi connectivity index (χ3v) is 4.14. The van der Waals surface area contributed by atoms with Gasteiger partial charge in [-0.1, -0.05) is 38.1 Å². The van der Waals surface area contributed by atoms with Crippen molar-refractivity contribution in [2.45, 2.75) is 38.9 Å². The number of hydrogen-bond acceptors (Lipinski definition) is 2. The summed E-state index contributed by atoms with van der Waals surface area (Å²) in [6, 6.07) is 11.1. The normalized spacial score (nSPS) is 12.7. The van der Waals surface area contributed by atoms with Crippen molar-refractivity contribution >= 4 is 5.96 Å². The van der Waals surface area contributed by atoms with Crippen LogP contribution in [-0.2, 0) is 18.1 Å². The Bertz CT molecular complexity index is 755. The Labute approximate surface area is 157 Å². The first-order valence-electron chi connectivity index (χ1n) is 8.82. The zero-order valence-electron chi connectivity index (χ0n) is 15.8. The van der Waals surface area contributed by atoms with Crippen molar-refractivity contribution in [3.63, 3.8) is 0 Å². The molecule has 0 bridgehead atoms. The van der Waals surface area contributed by atoms with E-state index in [0.717, 1.165) is 11.8 Å². The van der Waals surface area contributed by atoms with Crippen LogP contribution in [-0.4, -0.2) is 24.0 Å². The number of halogens is 3. The highest BCUT2D eigenvalue weighted by Crippen LogP contribution is 2.32. The van der Waals surface area contributed by atoms with Crippen LogP contribution in [0.5, 0.6) is 0 Å². The minimum atomic E-state index is -4.35. The Kier molecular flexibility index (Phi) is 6.82. The Balaban J connectivity index is 2.08. The van der Waals surface area contributed by atoms with Gasteiger partial charge in [0, 0.05) is 24.7 Å². The fourth-order valence-electron chi connectivity index (χ4n) is 2.52. The van der Waals surface area contributed by atoms with Crippen LogP contribution < -0.4 is 10.6 Å². The Morgan fingerprint density at radius 3 is 2.41 bits per heavy atom. The van der Waals surface area contributed by atoms with Crippen LogP contribution in [0.1, 0.15) is 37.6 Å². The second-order valence-electron chi connectivity index (χ2n) is 6.83. The van der Waals surface area contributed by atoms with Crippen molar-refractivity contribution in [1.29, 1.82) is 0 Å². The number of nitrogens with zero attached hydrogens (tertiary/aromatic N) is 2. The van der Waals surface area contributed by atoms with E-state index in [2.05, 4.69) is 20.6 Å². The number of pyridine rings is 1. The maximum Gasteiger partial charge on any atom is 0.416 e. The Hall–Kier alpha value is -2.57. The first-order chi connectivity index (χ1) is 12.7. The molecule has 0 amide bonds. The highest BCUT2D eigenvalue weighted by Gasteiger charge is 2.32. The summed E-state index contributed by atoms with van der Waals surface area (Å²) in [5, 5.41) is 6.36. The Morgan fingerprint density at radius 2 is 1.78 bits per heavy atom. The second kappa shape index (κ2) is 8.88. The van der Waals surface area contributed by atoms with Gasteiger partial charge in [0.1, 0.15) is 0 Å². The van der Waals surface area contributed by atoms with E-state index in [9.17, 15) is 13.2 Å². The smallest absolute Gasteiger partial charge is 0.357 e. The fraction of sp³-hybridized carbons (Fsp3) is 0.400. The molecule has 4 nitrogen and oxygen atoms in total. The van der Waals surface area contributed by atoms with E-state index in [-0.39, 0.29) is 0 Å². The molecule has 1 aromatic carbocycles. The molecule has 2 aromatic rings. The summed E-state index contributed by atoms with van der Waals surface area (Å²) in [5.74, 6) is 0.600. The van der Waals surface area contributed by atoms with Crippen molar-refractivity contribution in [2.75, 3.05) is 13.1 Å². The molecular formula is C20H25F3N4. The van der Waals surface area contributed by atoms with E-state index in [1.165, 1.54) is 12.1 Å². The van der Waals surface area contributed by atoms with Crippen LogP contribution in [0.3, 0.4) is 0 Å². The molecule has 146 valence electrons. The lowest BCUT2D eigenvalue weighted by Gasteiger charge is -2.27. The number of rotatable bonds is 6. The quantitative estimate of drug-likeness (QED) is 0.587. The molecule has 1 heterocycles. The van der Waals surface area contributed by atoms with Gasteiger partial charge in [0.05, 0.1) is 17.8 Å². The van der Waals surface area contributed by atoms with Crippen LogP contribution in [0, 0.1) is 0 Å². The molecule has 0 fully saturated rings. The minimum Gasteiger partial charge on any atom is -0.357 e. The summed E-state index contributed by atoms with van der Waals surface area (Å²) < 4.78 is 38.9. The summed E-state index contributed by atoms with van der Waals surface area (Å²) in [6.07, 6.45) is -2.64. The van der Waals surface area contributed by atoms with E-state index in [1.54, 1.807) is 12.3 Å². The number of alkyl halides is 3. The first kappa shape index (κ1) is 20.7. The lowest BCUT2D eigenvalue weighted by atomic mass is 9.84. The lowest BCUT2D eigenvalue weighted by Crippen LogP contribution is -2.43. The third kappa shape index (κ3) is 6.27. The predicted octanol–water partition coefficient (Wildman–Crippen LogP) is 4.13. The van der Waals surface area contributed by atoms with E-state index in [1.807, 2.05) is 39.0 Å². The van der Waals surface area contributed by atoms with Gasteiger partial charge in [-0.3, -0.25) is 4.98 Å². The average Bonchev–Trinajstić information content (AvgIpc) is 2.64. The van der Waals surface area contributed by atoms with Crippen LogP contribution in [0.25, 0.3) is 0 Å². The van der Waals surface area contributed by atoms with Crippen LogP contribution in [0.4, 0.5) is 13.2 Å². The largest absolute Gasteiger partial charge is 0.416 e. The number of aliphatic imine (C=N–C) groups is 1. The van der Waals surface area contributed by atoms with Crippen LogP contribution >= 0.6 is 0 Å². The Morgan fingerprint density at radius 1 is 1.04 bits per heavy atom. The molecular weight excluding hydrogens is 353 g/mol. The molecule has 0 aliphatic rings. The first-order valence-corrected chi connectivity index (χ1v) is 8.82. The topological polar surface area (TPSA) is 49.3 Å². The molecule has 2 rings (SSSR count). The van der Waals surface area contributed by atoms with Crippen molar-refractivity contribution in [3.05, 3.63) is 65.5 Å². The summed E-state index contributed by atoms with van der Waals surface area (Å²) in [4.78, 5) is 8.72. The van der Waals surface area contributed by atoms with Gasteiger partial charge in [-0.05, 0) is 30.7 Å². The summed E-state index contributed by atoms with van der Waals surface area (Å²) in [7, 11) is 0. The second-order valence-corrected chi connectivity index (χ2v) is 6.83. The maximum absolute atomic E-state index is 13.0. The summed E-state index contributed by atoms with van der Waals surface area (Å²) in [6.45, 7) is 7.28. The molecule has 0 spiro atoms. The molecule has 27 heavy (non-hydrogen) atoms. The molecule has 0 saturated heterocycles. The van der Waals surface area contributed by atoms with Crippen LogP contribution in [0.2, 0.25) is 0 Å². The highest BCUT2D eigenvalue weighted by atomic mass is 19.4. The van der Waals surface area contributed by atoms with E-state index >= 15 is 0 Å². The van der Waals surface area contributed by atoms with E-state index in [4.69, 9.17) is 0 Å². The number of hydrogen-bond donors (Lipinski definition) is 2. The molecule has 2 N–H and O–H groups in total. The van der Waals surface area contributed by atoms with Crippen molar-refractivity contribution in [2.24, 2.45) is 4.99 Å². The number of benzene rings is 1. The zero-order chi connectivity index (χ0) is 19.9. The third-order valence-electron chi connectivity index (χ3n) is 4.14. The standard InChI is InChI=1S/C20H25F3N4/c1-4-24-18(26-13-17-10-5-6-11-25-17)27-14-19(2,3)15-8-7-9-16(12-15)20(21,22)23/h5-12H,4,13-14H2,1-3H3,(H2,24,26,27). The fourth-order valence-corrected chi connectivity index (χ4v) is 2.52. The minimum absolute atomic E-state index is 0.417. The molecule has 0 unspecified atom stereocenters. The average molecular weight is 378 g/mol. The van der Waals surface area contributed by atoms with Gasteiger partial charge in [-0.25, -0.2) is 4.99 Å². The number of nitrogens with one attached hydrogen (secondary N) is 2. The maximum atomic E-state index is 13.0. The van der Waals surface area contributed by atoms with Crippen molar-refractivity contribution in [1.82, 2.24) is 15.6 Å². The van der Waals surface area contributed by atoms with Gasteiger partial charge in [0.2, 0.25) is 0 Å². The van der Waals surface area contributed by atoms with E-state index < -0.39 is 17.2 Å². The molecule has 0 aliphatic carbocycles. The van der Waals surface area contributed by atoms with Gasteiger partial charge in [0.25, 0.3) is 0 Å². The van der Waals surface area contributed by atoms with Gasteiger partial charge < -0.3 is 10.6 Å². The number of aromatic nitrogens is 1. The molecule has 0 radical (unpaired) electrons. The van der Waals surface area contributed by atoms with Gasteiger partial charge in [-0.15, -0.1) is 0 Å². The summed E-state index contributed by atoms with van der Waals surface area (Å²) >= 11 is 0. The predicted molar refractivity (Wildman–Crippen MR) is 102 cm³/mol. The molecule has 1 aromatic heterocycles. The molecule has 0 aliphatic heterocycles. The van der Waals surface area contributed by atoms with Gasteiger partial charge in [0.15, 0.2) is 5.96 Å². The SMILES string of the molecule is CCNC(=NCc1ccccn1)NCC(C)(C)c1cccc(C(F)(F)F)c1. The highest BCUT2D eigenvalue weighted by molar-refractivity contribution is 5.79. The van der Waals surface area contributed by atoms with Crippen molar-refractivity contribution in [3.8, 4) is 0 Å². The van der Waals surface area contributed by atoms with Gasteiger partial charge >= 0.3 is 6.18 Å². The lowest BCUT2D eigenvalue weighted by molar-refractivity contribution is -0.137. The van der Waals surface area contributed by atoms with Gasteiger partial charge in [-0.2, -0.15) is 13.2 Å². The summed E-state index contributed by atoms with van der Waals surface area (Å²) in [5.41, 5.74) is 0.309.